The van der Waals surface area contributed by atoms with Crippen molar-refractivity contribution in [3.63, 3.8) is 0 Å². The van der Waals surface area contributed by atoms with E-state index in [4.69, 9.17) is 9.31 Å². The van der Waals surface area contributed by atoms with Gasteiger partial charge in [-0.3, -0.25) is 4.68 Å². The lowest BCUT2D eigenvalue weighted by molar-refractivity contribution is -0.142. The van der Waals surface area contributed by atoms with E-state index in [1.54, 1.807) is 27.7 Å². The molecule has 0 unspecified atom stereocenters. The molecule has 0 spiro atoms. The summed E-state index contributed by atoms with van der Waals surface area (Å²) < 4.78 is 110. The molecule has 1 aliphatic heterocycles. The summed E-state index contributed by atoms with van der Waals surface area (Å²) in [5.74, 6) is -2.98. The molecule has 0 amide bonds. The Labute approximate surface area is 179 Å². The summed E-state index contributed by atoms with van der Waals surface area (Å²) in [7, 11) is -1.26. The molecule has 1 saturated heterocycles. The third kappa shape index (κ3) is 4.64. The summed E-state index contributed by atoms with van der Waals surface area (Å²) in [6, 6.07) is 2.04. The van der Waals surface area contributed by atoms with Crippen molar-refractivity contribution in [3.05, 3.63) is 35.7 Å². The molecule has 13 heteroatoms. The topological polar surface area (TPSA) is 45.5 Å². The van der Waals surface area contributed by atoms with Gasteiger partial charge in [0.25, 0.3) is 0 Å². The van der Waals surface area contributed by atoms with Crippen LogP contribution in [0, 0.1) is 11.6 Å². The number of rotatable bonds is 6. The number of halogens is 7. The van der Waals surface area contributed by atoms with E-state index in [0.29, 0.717) is 4.68 Å². The molecule has 1 aromatic heterocycles. The molecule has 1 aromatic carbocycles. The van der Waals surface area contributed by atoms with Gasteiger partial charge in [0.1, 0.15) is 0 Å². The van der Waals surface area contributed by atoms with E-state index in [2.05, 4.69) is 9.84 Å². The third-order valence-electron chi connectivity index (χ3n) is 5.50. The number of aromatic nitrogens is 2. The minimum absolute atomic E-state index is 0.309. The number of alkyl halides is 5. The summed E-state index contributed by atoms with van der Waals surface area (Å²) in [6.07, 6.45) is -4.21. The van der Waals surface area contributed by atoms with Gasteiger partial charge in [0, 0.05) is 22.8 Å². The molecule has 3 rings (SSSR count). The van der Waals surface area contributed by atoms with Crippen LogP contribution < -0.4 is 5.46 Å². The second-order valence-electron chi connectivity index (χ2n) is 8.20. The van der Waals surface area contributed by atoms with Gasteiger partial charge in [-0.1, -0.05) is 12.1 Å². The van der Waals surface area contributed by atoms with Crippen LogP contribution in [0.4, 0.5) is 30.7 Å². The molecule has 1 fully saturated rings. The Morgan fingerprint density at radius 2 is 1.62 bits per heavy atom. The zero-order valence-electron chi connectivity index (χ0n) is 17.6. The average molecular weight is 468 g/mol. The maximum atomic E-state index is 14.9. The van der Waals surface area contributed by atoms with E-state index in [1.807, 2.05) is 0 Å². The molecular weight excluding hydrogens is 448 g/mol. The van der Waals surface area contributed by atoms with Crippen LogP contribution in [0.25, 0.3) is 11.1 Å². The first-order chi connectivity index (χ1) is 14.6. The standard InChI is InChI=1S/C19H20BF7N2O3/c1-17(2)18(3,4)32-20(31-17)12-6-5-10(13(21)14(12)22)11-9-29(7-8-30-16(23)24)28-15(11)19(25,26)27/h5-6,9,16H,7-8H2,1-4H3. The predicted molar refractivity (Wildman–Crippen MR) is 100 cm³/mol. The van der Waals surface area contributed by atoms with Gasteiger partial charge in [0.15, 0.2) is 17.3 Å². The molecule has 1 aliphatic rings. The highest BCUT2D eigenvalue weighted by Crippen LogP contribution is 2.39. The van der Waals surface area contributed by atoms with Gasteiger partial charge in [0.2, 0.25) is 0 Å². The Morgan fingerprint density at radius 3 is 2.16 bits per heavy atom. The van der Waals surface area contributed by atoms with Crippen LogP contribution in [0.15, 0.2) is 18.3 Å². The SMILES string of the molecule is CC1(C)OB(c2ccc(-c3cn(CCOC(F)F)nc3C(F)(F)F)c(F)c2F)OC1(C)C. The van der Waals surface area contributed by atoms with Crippen molar-refractivity contribution in [1.82, 2.24) is 9.78 Å². The van der Waals surface area contributed by atoms with Gasteiger partial charge in [-0.15, -0.1) is 0 Å². The van der Waals surface area contributed by atoms with Crippen LogP contribution >= 0.6 is 0 Å². The fraction of sp³-hybridized carbons (Fsp3) is 0.526. The summed E-state index contributed by atoms with van der Waals surface area (Å²) in [5, 5.41) is 3.29. The van der Waals surface area contributed by atoms with E-state index >= 15 is 0 Å². The first-order valence-corrected chi connectivity index (χ1v) is 9.52. The summed E-state index contributed by atoms with van der Waals surface area (Å²) in [6.45, 7) is 2.63. The summed E-state index contributed by atoms with van der Waals surface area (Å²) in [5.41, 5.74) is -4.93. The molecule has 176 valence electrons. The lowest BCUT2D eigenvalue weighted by Crippen LogP contribution is -2.41. The summed E-state index contributed by atoms with van der Waals surface area (Å²) >= 11 is 0. The van der Waals surface area contributed by atoms with E-state index in [1.165, 1.54) is 0 Å². The Balaban J connectivity index is 1.98. The highest BCUT2D eigenvalue weighted by molar-refractivity contribution is 6.62. The van der Waals surface area contributed by atoms with Gasteiger partial charge >= 0.3 is 19.9 Å². The van der Waals surface area contributed by atoms with Crippen LogP contribution in [-0.2, 0) is 26.8 Å². The first-order valence-electron chi connectivity index (χ1n) is 9.52. The molecule has 0 aliphatic carbocycles. The van der Waals surface area contributed by atoms with E-state index < -0.39 is 72.7 Å². The second-order valence-corrected chi connectivity index (χ2v) is 8.20. The molecule has 2 aromatic rings. The Bertz CT molecular complexity index is 976. The van der Waals surface area contributed by atoms with E-state index in [9.17, 15) is 30.7 Å². The number of ether oxygens (including phenoxy) is 1. The molecular formula is C19H20BF7N2O3. The first kappa shape index (κ1) is 24.5. The van der Waals surface area contributed by atoms with Crippen molar-refractivity contribution in [1.29, 1.82) is 0 Å². The number of nitrogens with zero attached hydrogens (tertiary/aromatic N) is 2. The lowest BCUT2D eigenvalue weighted by atomic mass is 9.78. The van der Waals surface area contributed by atoms with Crippen molar-refractivity contribution >= 4 is 12.6 Å². The molecule has 0 saturated carbocycles. The van der Waals surface area contributed by atoms with Gasteiger partial charge in [-0.25, -0.2) is 8.78 Å². The zero-order valence-corrected chi connectivity index (χ0v) is 17.6. The fourth-order valence-electron chi connectivity index (χ4n) is 3.10. The Morgan fingerprint density at radius 1 is 1.03 bits per heavy atom. The minimum Gasteiger partial charge on any atom is -0.399 e. The molecule has 32 heavy (non-hydrogen) atoms. The minimum atomic E-state index is -5.00. The van der Waals surface area contributed by atoms with E-state index in [0.717, 1.165) is 18.3 Å². The lowest BCUT2D eigenvalue weighted by Gasteiger charge is -2.32. The number of hydrogen-bond acceptors (Lipinski definition) is 4. The Hall–Kier alpha value is -2.12. The van der Waals surface area contributed by atoms with E-state index in [-0.39, 0.29) is 5.46 Å². The van der Waals surface area contributed by atoms with Crippen LogP contribution in [0.1, 0.15) is 33.4 Å². The third-order valence-corrected chi connectivity index (χ3v) is 5.50. The van der Waals surface area contributed by atoms with Gasteiger partial charge < -0.3 is 14.0 Å². The van der Waals surface area contributed by atoms with Gasteiger partial charge in [0.05, 0.1) is 24.4 Å². The smallest absolute Gasteiger partial charge is 0.399 e. The molecule has 5 nitrogen and oxygen atoms in total. The fourth-order valence-corrected chi connectivity index (χ4v) is 3.10. The van der Waals surface area contributed by atoms with Gasteiger partial charge in [-0.2, -0.15) is 27.1 Å². The van der Waals surface area contributed by atoms with Crippen LogP contribution in [0.5, 0.6) is 0 Å². The largest absolute Gasteiger partial charge is 0.497 e. The van der Waals surface area contributed by atoms with Crippen molar-refractivity contribution in [3.8, 4) is 11.1 Å². The van der Waals surface area contributed by atoms with Crippen LogP contribution in [0.3, 0.4) is 0 Å². The quantitative estimate of drug-likeness (QED) is 0.467. The number of hydrogen-bond donors (Lipinski definition) is 0. The molecule has 2 heterocycles. The van der Waals surface area contributed by atoms with Crippen molar-refractivity contribution in [2.45, 2.75) is 58.2 Å². The normalized spacial score (nSPS) is 18.1. The number of benzene rings is 1. The highest BCUT2D eigenvalue weighted by atomic mass is 19.4. The van der Waals surface area contributed by atoms with Crippen molar-refractivity contribution < 1.29 is 44.8 Å². The highest BCUT2D eigenvalue weighted by Gasteiger charge is 2.52. The molecule has 0 radical (unpaired) electrons. The van der Waals surface area contributed by atoms with Crippen molar-refractivity contribution in [2.24, 2.45) is 0 Å². The van der Waals surface area contributed by atoms with Crippen LogP contribution in [-0.4, -0.2) is 41.3 Å². The zero-order chi connectivity index (χ0) is 24.1. The van der Waals surface area contributed by atoms with Crippen LogP contribution in [0.2, 0.25) is 0 Å². The maximum Gasteiger partial charge on any atom is 0.497 e. The average Bonchev–Trinajstić information content (AvgIpc) is 3.15. The molecule has 0 bridgehead atoms. The summed E-state index contributed by atoms with van der Waals surface area (Å²) in [4.78, 5) is 0. The predicted octanol–water partition coefficient (Wildman–Crippen LogP) is 4.39. The Kier molecular flexibility index (Phi) is 6.39. The monoisotopic (exact) mass is 468 g/mol. The van der Waals surface area contributed by atoms with Gasteiger partial charge in [-0.05, 0) is 27.7 Å². The van der Waals surface area contributed by atoms with Crippen molar-refractivity contribution in [2.75, 3.05) is 6.61 Å². The molecule has 0 atom stereocenters. The second kappa shape index (κ2) is 8.34. The molecule has 0 N–H and O–H groups in total. The maximum absolute atomic E-state index is 14.9.